The second kappa shape index (κ2) is 7.17. The van der Waals surface area contributed by atoms with Crippen molar-refractivity contribution in [1.29, 1.82) is 0 Å². The third-order valence-corrected chi connectivity index (χ3v) is 2.95. The van der Waals surface area contributed by atoms with Crippen LogP contribution in [0.3, 0.4) is 0 Å². The molecule has 0 amide bonds. The van der Waals surface area contributed by atoms with E-state index in [2.05, 4.69) is 12.2 Å². The summed E-state index contributed by atoms with van der Waals surface area (Å²) in [5, 5.41) is 3.60. The monoisotopic (exact) mass is 216 g/mol. The van der Waals surface area contributed by atoms with Gasteiger partial charge in [0.05, 0.1) is 12.7 Å². The number of ether oxygens (including phenoxy) is 2. The highest BCUT2D eigenvalue weighted by Crippen LogP contribution is 2.14. The molecule has 4 nitrogen and oxygen atoms in total. The fraction of sp³-hybridized carbons (Fsp3) is 1.00. The van der Waals surface area contributed by atoms with Crippen LogP contribution < -0.4 is 11.1 Å². The summed E-state index contributed by atoms with van der Waals surface area (Å²) in [6.07, 6.45) is 3.54. The van der Waals surface area contributed by atoms with E-state index < -0.39 is 0 Å². The van der Waals surface area contributed by atoms with Gasteiger partial charge in [-0.05, 0) is 32.7 Å². The van der Waals surface area contributed by atoms with Crippen molar-refractivity contribution >= 4 is 0 Å². The molecule has 0 aliphatic carbocycles. The van der Waals surface area contributed by atoms with Gasteiger partial charge in [-0.1, -0.05) is 0 Å². The molecule has 3 atom stereocenters. The van der Waals surface area contributed by atoms with Crippen molar-refractivity contribution in [3.8, 4) is 0 Å². The fourth-order valence-corrected chi connectivity index (χ4v) is 2.03. The maximum absolute atomic E-state index is 5.52. The Kier molecular flexibility index (Phi) is 6.17. The number of methoxy groups -OCH3 is 1. The minimum absolute atomic E-state index is 0.322. The third kappa shape index (κ3) is 4.47. The molecule has 0 aromatic rings. The van der Waals surface area contributed by atoms with Crippen LogP contribution in [0.2, 0.25) is 0 Å². The number of hydrogen-bond donors (Lipinski definition) is 2. The molecule has 1 heterocycles. The van der Waals surface area contributed by atoms with Gasteiger partial charge in [-0.25, -0.2) is 0 Å². The molecule has 0 spiro atoms. The van der Waals surface area contributed by atoms with Crippen molar-refractivity contribution < 1.29 is 9.47 Å². The van der Waals surface area contributed by atoms with Crippen molar-refractivity contribution in [3.05, 3.63) is 0 Å². The molecular formula is C11H24N2O2. The first-order valence-electron chi connectivity index (χ1n) is 5.84. The molecule has 4 heteroatoms. The van der Waals surface area contributed by atoms with E-state index in [1.807, 2.05) is 0 Å². The Hall–Kier alpha value is -0.160. The van der Waals surface area contributed by atoms with Crippen LogP contribution >= 0.6 is 0 Å². The summed E-state index contributed by atoms with van der Waals surface area (Å²) < 4.78 is 10.7. The molecule has 3 N–H and O–H groups in total. The normalized spacial score (nSPS) is 28.2. The quantitative estimate of drug-likeness (QED) is 0.651. The van der Waals surface area contributed by atoms with Crippen molar-refractivity contribution in [2.45, 2.75) is 44.4 Å². The summed E-state index contributed by atoms with van der Waals surface area (Å²) in [6, 6.07) is 0.885. The summed E-state index contributed by atoms with van der Waals surface area (Å²) in [4.78, 5) is 0. The van der Waals surface area contributed by atoms with Gasteiger partial charge in [-0.15, -0.1) is 0 Å². The van der Waals surface area contributed by atoms with E-state index in [1.165, 1.54) is 0 Å². The molecule has 1 saturated heterocycles. The zero-order valence-electron chi connectivity index (χ0n) is 9.87. The van der Waals surface area contributed by atoms with E-state index in [-0.39, 0.29) is 0 Å². The molecule has 1 aliphatic heterocycles. The van der Waals surface area contributed by atoms with Crippen LogP contribution in [0.15, 0.2) is 0 Å². The minimum atomic E-state index is 0.322. The highest BCUT2D eigenvalue weighted by molar-refractivity contribution is 4.82. The Bertz CT molecular complexity index is 167. The van der Waals surface area contributed by atoms with Gasteiger partial charge >= 0.3 is 0 Å². The predicted molar refractivity (Wildman–Crippen MR) is 60.9 cm³/mol. The van der Waals surface area contributed by atoms with Gasteiger partial charge in [0.1, 0.15) is 0 Å². The molecular weight excluding hydrogens is 192 g/mol. The summed E-state index contributed by atoms with van der Waals surface area (Å²) >= 11 is 0. The van der Waals surface area contributed by atoms with Gasteiger partial charge in [0, 0.05) is 25.8 Å². The van der Waals surface area contributed by atoms with Crippen LogP contribution in [0.1, 0.15) is 26.2 Å². The first kappa shape index (κ1) is 12.9. The second-order valence-corrected chi connectivity index (χ2v) is 4.22. The zero-order chi connectivity index (χ0) is 11.1. The van der Waals surface area contributed by atoms with Crippen molar-refractivity contribution in [2.75, 3.05) is 26.9 Å². The average molecular weight is 216 g/mol. The maximum Gasteiger partial charge on any atom is 0.0700 e. The number of nitrogens with one attached hydrogen (secondary N) is 1. The van der Waals surface area contributed by atoms with Gasteiger partial charge in [-0.2, -0.15) is 0 Å². The molecule has 0 bridgehead atoms. The van der Waals surface area contributed by atoms with Crippen LogP contribution in [-0.2, 0) is 9.47 Å². The Morgan fingerprint density at radius 2 is 2.40 bits per heavy atom. The molecule has 3 unspecified atom stereocenters. The van der Waals surface area contributed by atoms with E-state index in [0.717, 1.165) is 39.0 Å². The zero-order valence-corrected chi connectivity index (χ0v) is 9.87. The van der Waals surface area contributed by atoms with E-state index in [0.29, 0.717) is 18.2 Å². The fourth-order valence-electron chi connectivity index (χ4n) is 2.03. The van der Waals surface area contributed by atoms with E-state index in [1.54, 1.807) is 7.11 Å². The molecule has 15 heavy (non-hydrogen) atoms. The largest absolute Gasteiger partial charge is 0.383 e. The molecule has 1 rings (SSSR count). The maximum atomic E-state index is 5.52. The molecule has 0 saturated carbocycles. The topological polar surface area (TPSA) is 56.5 Å². The van der Waals surface area contributed by atoms with Gasteiger partial charge < -0.3 is 20.5 Å². The number of hydrogen-bond acceptors (Lipinski definition) is 4. The van der Waals surface area contributed by atoms with Crippen LogP contribution in [0.4, 0.5) is 0 Å². The Morgan fingerprint density at radius 1 is 1.60 bits per heavy atom. The van der Waals surface area contributed by atoms with Crippen molar-refractivity contribution in [2.24, 2.45) is 5.73 Å². The minimum Gasteiger partial charge on any atom is -0.383 e. The Labute approximate surface area is 92.5 Å². The summed E-state index contributed by atoms with van der Waals surface area (Å²) in [5.41, 5.74) is 5.52. The summed E-state index contributed by atoms with van der Waals surface area (Å²) in [6.45, 7) is 4.49. The second-order valence-electron chi connectivity index (χ2n) is 4.22. The lowest BCUT2D eigenvalue weighted by atomic mass is 10.1. The molecule has 1 aliphatic rings. The first-order chi connectivity index (χ1) is 7.27. The lowest BCUT2D eigenvalue weighted by Gasteiger charge is -2.24. The highest BCUT2D eigenvalue weighted by atomic mass is 16.5. The van der Waals surface area contributed by atoms with Gasteiger partial charge in [-0.3, -0.25) is 0 Å². The molecule has 90 valence electrons. The van der Waals surface area contributed by atoms with Gasteiger partial charge in [0.2, 0.25) is 0 Å². The van der Waals surface area contributed by atoms with Gasteiger partial charge in [0.25, 0.3) is 0 Å². The van der Waals surface area contributed by atoms with E-state index in [9.17, 15) is 0 Å². The summed E-state index contributed by atoms with van der Waals surface area (Å²) in [7, 11) is 1.74. The average Bonchev–Trinajstić information content (AvgIpc) is 2.61. The van der Waals surface area contributed by atoms with E-state index in [4.69, 9.17) is 15.2 Å². The first-order valence-corrected chi connectivity index (χ1v) is 5.84. The smallest absolute Gasteiger partial charge is 0.0700 e. The standard InChI is InChI=1S/C11H24N2O2/c1-9-11(5-7-15-9)13-10(8-14-2)4-3-6-12/h9-11,13H,3-8,12H2,1-2H3. The SMILES string of the molecule is COCC(CCCN)NC1CCOC1C. The van der Waals surface area contributed by atoms with Crippen LogP contribution in [0.25, 0.3) is 0 Å². The lowest BCUT2D eigenvalue weighted by molar-refractivity contribution is 0.102. The van der Waals surface area contributed by atoms with Crippen LogP contribution in [-0.4, -0.2) is 45.1 Å². The molecule has 0 radical (unpaired) electrons. The van der Waals surface area contributed by atoms with Crippen molar-refractivity contribution in [3.63, 3.8) is 0 Å². The molecule has 0 aromatic carbocycles. The van der Waals surface area contributed by atoms with E-state index >= 15 is 0 Å². The molecule has 0 aromatic heterocycles. The van der Waals surface area contributed by atoms with Gasteiger partial charge in [0.15, 0.2) is 0 Å². The number of nitrogens with two attached hydrogens (primary N) is 1. The van der Waals surface area contributed by atoms with Crippen molar-refractivity contribution in [1.82, 2.24) is 5.32 Å². The van der Waals surface area contributed by atoms with Crippen LogP contribution in [0.5, 0.6) is 0 Å². The highest BCUT2D eigenvalue weighted by Gasteiger charge is 2.26. The molecule has 1 fully saturated rings. The lowest BCUT2D eigenvalue weighted by Crippen LogP contribution is -2.44. The number of rotatable bonds is 7. The Balaban J connectivity index is 2.28. The van der Waals surface area contributed by atoms with Crippen LogP contribution in [0, 0.1) is 0 Å². The predicted octanol–water partition coefficient (Wildman–Crippen LogP) is 0.507. The summed E-state index contributed by atoms with van der Waals surface area (Å²) in [5.74, 6) is 0. The third-order valence-electron chi connectivity index (χ3n) is 2.95. The Morgan fingerprint density at radius 3 is 2.93 bits per heavy atom.